The summed E-state index contributed by atoms with van der Waals surface area (Å²) < 4.78 is 2.42. The summed E-state index contributed by atoms with van der Waals surface area (Å²) in [5.74, 6) is 6.56. The Morgan fingerprint density at radius 1 is 1.07 bits per heavy atom. The molecule has 0 spiro atoms. The van der Waals surface area contributed by atoms with Crippen LogP contribution in [0.4, 0.5) is 5.69 Å². The molecule has 2 aliphatic heterocycles. The van der Waals surface area contributed by atoms with Crippen LogP contribution in [0.3, 0.4) is 0 Å². The molecule has 0 radical (unpaired) electrons. The molecule has 2 fully saturated rings. The Kier molecular flexibility index (Phi) is 6.56. The van der Waals surface area contributed by atoms with E-state index in [1.165, 1.54) is 16.0 Å². The number of carbonyl (C=O) groups is 1. The predicted molar refractivity (Wildman–Crippen MR) is 123 cm³/mol. The van der Waals surface area contributed by atoms with Gasteiger partial charge in [-0.3, -0.25) is 4.79 Å². The summed E-state index contributed by atoms with van der Waals surface area (Å²) >= 11 is 1.81. The zero-order valence-corrected chi connectivity index (χ0v) is 18.5. The number of allylic oxidation sites excluding steroid dienone is 1. The minimum absolute atomic E-state index is 0.240. The number of amides is 1. The summed E-state index contributed by atoms with van der Waals surface area (Å²) in [7, 11) is 0. The van der Waals surface area contributed by atoms with Gasteiger partial charge in [-0.1, -0.05) is 23.6 Å². The number of hydrogen-bond acceptors (Lipinski definition) is 4. The molecule has 1 aromatic heterocycles. The van der Waals surface area contributed by atoms with E-state index in [9.17, 15) is 4.79 Å². The zero-order chi connectivity index (χ0) is 20.9. The monoisotopic (exact) mass is 417 g/mol. The SMILES string of the molecule is Cc1cccc(C#CC=C2CCN(Sc3cc(N4CCCC4=O)ccc3C)CC2)n1. The highest BCUT2D eigenvalue weighted by atomic mass is 32.2. The van der Waals surface area contributed by atoms with Gasteiger partial charge in [0.2, 0.25) is 5.91 Å². The number of aromatic nitrogens is 1. The van der Waals surface area contributed by atoms with Gasteiger partial charge in [-0.05, 0) is 86.9 Å². The maximum Gasteiger partial charge on any atom is 0.227 e. The highest BCUT2D eigenvalue weighted by molar-refractivity contribution is 7.97. The molecule has 1 aromatic carbocycles. The molecule has 154 valence electrons. The Balaban J connectivity index is 1.35. The standard InChI is InChI=1S/C25H27N3OS/c1-19-11-12-23(28-15-5-10-25(28)29)18-24(19)30-27-16-13-21(14-17-27)7-4-9-22-8-3-6-20(2)26-22/h3,6-8,11-12,18H,5,10,13-17H2,1-2H3. The lowest BCUT2D eigenvalue weighted by molar-refractivity contribution is -0.117. The van der Waals surface area contributed by atoms with Crippen LogP contribution < -0.4 is 4.90 Å². The average Bonchev–Trinajstić information content (AvgIpc) is 3.17. The van der Waals surface area contributed by atoms with Crippen LogP contribution in [0.25, 0.3) is 0 Å². The summed E-state index contributed by atoms with van der Waals surface area (Å²) in [5.41, 5.74) is 5.51. The fourth-order valence-electron chi connectivity index (χ4n) is 3.75. The van der Waals surface area contributed by atoms with Gasteiger partial charge in [0.05, 0.1) is 0 Å². The van der Waals surface area contributed by atoms with Gasteiger partial charge < -0.3 is 4.90 Å². The highest BCUT2D eigenvalue weighted by Gasteiger charge is 2.23. The molecule has 1 amide bonds. The van der Waals surface area contributed by atoms with Gasteiger partial charge in [-0.2, -0.15) is 0 Å². The summed E-state index contributed by atoms with van der Waals surface area (Å²) in [5, 5.41) is 0. The van der Waals surface area contributed by atoms with E-state index in [4.69, 9.17) is 0 Å². The van der Waals surface area contributed by atoms with Crippen LogP contribution in [0, 0.1) is 25.7 Å². The smallest absolute Gasteiger partial charge is 0.227 e. The first kappa shape index (κ1) is 20.7. The first-order valence-electron chi connectivity index (χ1n) is 10.6. The number of rotatable bonds is 3. The molecule has 0 aliphatic carbocycles. The second-order valence-electron chi connectivity index (χ2n) is 7.86. The summed E-state index contributed by atoms with van der Waals surface area (Å²) in [4.78, 5) is 19.7. The van der Waals surface area contributed by atoms with E-state index < -0.39 is 0 Å². The van der Waals surface area contributed by atoms with Crippen molar-refractivity contribution in [3.63, 3.8) is 0 Å². The van der Waals surface area contributed by atoms with Crippen molar-refractivity contribution in [1.29, 1.82) is 0 Å². The van der Waals surface area contributed by atoms with E-state index in [2.05, 4.69) is 52.3 Å². The Morgan fingerprint density at radius 2 is 1.90 bits per heavy atom. The summed E-state index contributed by atoms with van der Waals surface area (Å²) in [6, 6.07) is 12.3. The number of benzene rings is 1. The van der Waals surface area contributed by atoms with Crippen molar-refractivity contribution in [3.8, 4) is 11.8 Å². The molecule has 2 saturated heterocycles. The van der Waals surface area contributed by atoms with Crippen molar-refractivity contribution in [1.82, 2.24) is 9.29 Å². The van der Waals surface area contributed by atoms with Crippen LogP contribution >= 0.6 is 11.9 Å². The Bertz CT molecular complexity index is 1020. The molecule has 4 rings (SSSR count). The van der Waals surface area contributed by atoms with Crippen molar-refractivity contribution in [2.45, 2.75) is 44.4 Å². The van der Waals surface area contributed by atoms with Crippen molar-refractivity contribution < 1.29 is 4.79 Å². The highest BCUT2D eigenvalue weighted by Crippen LogP contribution is 2.33. The van der Waals surface area contributed by atoms with E-state index in [0.717, 1.165) is 56.0 Å². The zero-order valence-electron chi connectivity index (χ0n) is 17.6. The van der Waals surface area contributed by atoms with Crippen molar-refractivity contribution in [2.75, 3.05) is 24.5 Å². The van der Waals surface area contributed by atoms with Crippen LogP contribution in [-0.2, 0) is 4.79 Å². The summed E-state index contributed by atoms with van der Waals surface area (Å²) in [6.45, 7) is 6.98. The lowest BCUT2D eigenvalue weighted by atomic mass is 10.1. The van der Waals surface area contributed by atoms with Crippen LogP contribution in [-0.4, -0.2) is 34.8 Å². The second-order valence-corrected chi connectivity index (χ2v) is 8.99. The van der Waals surface area contributed by atoms with E-state index >= 15 is 0 Å². The van der Waals surface area contributed by atoms with Gasteiger partial charge in [-0.25, -0.2) is 9.29 Å². The maximum atomic E-state index is 12.1. The van der Waals surface area contributed by atoms with Gasteiger partial charge >= 0.3 is 0 Å². The van der Waals surface area contributed by atoms with E-state index in [1.54, 1.807) is 0 Å². The molecule has 2 aliphatic rings. The van der Waals surface area contributed by atoms with E-state index in [0.29, 0.717) is 6.42 Å². The van der Waals surface area contributed by atoms with Gasteiger partial charge in [0.25, 0.3) is 0 Å². The molecule has 5 heteroatoms. The minimum Gasteiger partial charge on any atom is -0.312 e. The van der Waals surface area contributed by atoms with E-state index in [-0.39, 0.29) is 5.91 Å². The third kappa shape index (κ3) is 5.13. The van der Waals surface area contributed by atoms with Gasteiger partial charge in [-0.15, -0.1) is 0 Å². The Hall–Kier alpha value is -2.55. The van der Waals surface area contributed by atoms with Crippen LogP contribution in [0.2, 0.25) is 0 Å². The molecule has 4 nitrogen and oxygen atoms in total. The Labute approximate surface area is 183 Å². The number of anilines is 1. The fraction of sp³-hybridized carbons (Fsp3) is 0.360. The normalized spacial score (nSPS) is 17.1. The lowest BCUT2D eigenvalue weighted by Crippen LogP contribution is -2.25. The maximum absolute atomic E-state index is 12.1. The molecule has 0 unspecified atom stereocenters. The topological polar surface area (TPSA) is 36.4 Å². The summed E-state index contributed by atoms with van der Waals surface area (Å²) in [6.07, 6.45) is 5.76. The molecule has 0 N–H and O–H groups in total. The number of nitrogens with zero attached hydrogens (tertiary/aromatic N) is 3. The molecule has 0 atom stereocenters. The van der Waals surface area contributed by atoms with Crippen molar-refractivity contribution >= 4 is 23.5 Å². The number of hydrogen-bond donors (Lipinski definition) is 0. The van der Waals surface area contributed by atoms with Crippen LogP contribution in [0.5, 0.6) is 0 Å². The molecular formula is C25H27N3OS. The van der Waals surface area contributed by atoms with E-state index in [1.807, 2.05) is 42.0 Å². The first-order chi connectivity index (χ1) is 14.6. The number of pyridine rings is 1. The second kappa shape index (κ2) is 9.51. The molecule has 0 saturated carbocycles. The molecular weight excluding hydrogens is 390 g/mol. The minimum atomic E-state index is 0.240. The van der Waals surface area contributed by atoms with Crippen molar-refractivity contribution in [2.24, 2.45) is 0 Å². The third-order valence-corrected chi connectivity index (χ3v) is 6.77. The number of aryl methyl sites for hydroxylation is 2. The number of carbonyl (C=O) groups excluding carboxylic acids is 1. The lowest BCUT2D eigenvalue weighted by Gasteiger charge is -2.28. The predicted octanol–water partition coefficient (Wildman–Crippen LogP) is 4.91. The average molecular weight is 418 g/mol. The van der Waals surface area contributed by atoms with Crippen LogP contribution in [0.15, 0.2) is 52.9 Å². The third-order valence-electron chi connectivity index (χ3n) is 5.51. The first-order valence-corrected chi connectivity index (χ1v) is 11.3. The molecule has 2 aromatic rings. The number of piperidine rings is 1. The molecule has 3 heterocycles. The molecule has 0 bridgehead atoms. The van der Waals surface area contributed by atoms with Gasteiger partial charge in [0.1, 0.15) is 5.69 Å². The molecule has 30 heavy (non-hydrogen) atoms. The quantitative estimate of drug-likeness (QED) is 0.525. The Morgan fingerprint density at radius 3 is 2.63 bits per heavy atom. The fourth-order valence-corrected chi connectivity index (χ4v) is 4.78. The van der Waals surface area contributed by atoms with Gasteiger partial charge in [0.15, 0.2) is 0 Å². The van der Waals surface area contributed by atoms with Gasteiger partial charge in [0, 0.05) is 42.3 Å². The van der Waals surface area contributed by atoms with Crippen LogP contribution in [0.1, 0.15) is 42.6 Å². The largest absolute Gasteiger partial charge is 0.312 e. The van der Waals surface area contributed by atoms with Crippen molar-refractivity contribution in [3.05, 3.63) is 65.0 Å².